The molecule has 0 radical (unpaired) electrons. The minimum atomic E-state index is -0.505. The zero-order valence-corrected chi connectivity index (χ0v) is 14.0. The van der Waals surface area contributed by atoms with Crippen LogP contribution in [0.2, 0.25) is 0 Å². The van der Waals surface area contributed by atoms with Crippen LogP contribution in [0.15, 0.2) is 42.7 Å². The quantitative estimate of drug-likeness (QED) is 0.908. The summed E-state index contributed by atoms with van der Waals surface area (Å²) >= 11 is 0. The van der Waals surface area contributed by atoms with Crippen LogP contribution in [0.4, 0.5) is 0 Å². The Morgan fingerprint density at radius 1 is 1.17 bits per heavy atom. The van der Waals surface area contributed by atoms with Crippen LogP contribution < -0.4 is 0 Å². The molecule has 0 aliphatic carbocycles. The van der Waals surface area contributed by atoms with Crippen molar-refractivity contribution in [1.82, 2.24) is 19.6 Å². The Morgan fingerprint density at radius 2 is 1.92 bits per heavy atom. The molecule has 3 rings (SSSR count). The van der Waals surface area contributed by atoms with Crippen LogP contribution in [0.1, 0.15) is 18.1 Å². The van der Waals surface area contributed by atoms with Crippen LogP contribution >= 0.6 is 0 Å². The number of carbonyl (C=O) groups is 1. The van der Waals surface area contributed by atoms with Crippen LogP contribution in [0.25, 0.3) is 0 Å². The standard InChI is InChI=1S/C18H24N4O2/c1-15(23)21-10-9-20(13-18(24)14-21)11-16-5-2-3-6-17(16)12-22-8-4-7-19-22/h2-8,18,24H,9-14H2,1H3/t18-/m0/s1. The fourth-order valence-electron chi connectivity index (χ4n) is 3.16. The number of hydrogen-bond donors (Lipinski definition) is 1. The van der Waals surface area contributed by atoms with E-state index in [1.165, 1.54) is 11.1 Å². The third-order valence-corrected chi connectivity index (χ3v) is 4.44. The number of carbonyl (C=O) groups excluding carboxylic acids is 1. The van der Waals surface area contributed by atoms with Crippen molar-refractivity contribution in [2.75, 3.05) is 26.2 Å². The lowest BCUT2D eigenvalue weighted by atomic mass is 10.1. The van der Waals surface area contributed by atoms with Gasteiger partial charge in [0, 0.05) is 52.0 Å². The van der Waals surface area contributed by atoms with Gasteiger partial charge in [0.15, 0.2) is 0 Å². The lowest BCUT2D eigenvalue weighted by Gasteiger charge is -2.22. The van der Waals surface area contributed by atoms with Crippen molar-refractivity contribution in [3.8, 4) is 0 Å². The number of benzene rings is 1. The van der Waals surface area contributed by atoms with E-state index >= 15 is 0 Å². The van der Waals surface area contributed by atoms with E-state index in [0.717, 1.165) is 19.6 Å². The average molecular weight is 328 g/mol. The van der Waals surface area contributed by atoms with Gasteiger partial charge in [-0.25, -0.2) is 0 Å². The minimum Gasteiger partial charge on any atom is -0.390 e. The van der Waals surface area contributed by atoms with Crippen molar-refractivity contribution in [2.45, 2.75) is 26.1 Å². The molecule has 1 aliphatic rings. The summed E-state index contributed by atoms with van der Waals surface area (Å²) in [5.74, 6) is 0.0231. The zero-order valence-electron chi connectivity index (χ0n) is 14.0. The summed E-state index contributed by atoms with van der Waals surface area (Å²) in [6.07, 6.45) is 3.23. The molecule has 1 N–H and O–H groups in total. The van der Waals surface area contributed by atoms with Gasteiger partial charge in [-0.2, -0.15) is 5.10 Å². The lowest BCUT2D eigenvalue weighted by molar-refractivity contribution is -0.129. The third kappa shape index (κ3) is 4.21. The fraction of sp³-hybridized carbons (Fsp3) is 0.444. The topological polar surface area (TPSA) is 61.6 Å². The Bertz CT molecular complexity index is 671. The van der Waals surface area contributed by atoms with Gasteiger partial charge in [-0.05, 0) is 17.2 Å². The second kappa shape index (κ2) is 7.59. The largest absolute Gasteiger partial charge is 0.390 e. The van der Waals surface area contributed by atoms with Gasteiger partial charge < -0.3 is 10.0 Å². The number of aromatic nitrogens is 2. The molecular weight excluding hydrogens is 304 g/mol. The third-order valence-electron chi connectivity index (χ3n) is 4.44. The van der Waals surface area contributed by atoms with E-state index in [1.807, 2.05) is 29.1 Å². The molecule has 6 nitrogen and oxygen atoms in total. The maximum atomic E-state index is 11.6. The van der Waals surface area contributed by atoms with E-state index in [2.05, 4.69) is 22.1 Å². The van der Waals surface area contributed by atoms with Crippen LogP contribution in [0.3, 0.4) is 0 Å². The first-order valence-electron chi connectivity index (χ1n) is 8.32. The van der Waals surface area contributed by atoms with E-state index in [-0.39, 0.29) is 5.91 Å². The molecule has 1 saturated heterocycles. The molecule has 0 spiro atoms. The predicted octanol–water partition coefficient (Wildman–Crippen LogP) is 0.956. The summed E-state index contributed by atoms with van der Waals surface area (Å²) in [7, 11) is 0. The molecule has 1 aromatic heterocycles. The Kier molecular flexibility index (Phi) is 5.27. The highest BCUT2D eigenvalue weighted by molar-refractivity contribution is 5.73. The molecule has 1 aromatic carbocycles. The van der Waals surface area contributed by atoms with E-state index in [9.17, 15) is 9.90 Å². The van der Waals surface area contributed by atoms with Gasteiger partial charge >= 0.3 is 0 Å². The number of amides is 1. The summed E-state index contributed by atoms with van der Waals surface area (Å²) < 4.78 is 1.91. The number of hydrogen-bond acceptors (Lipinski definition) is 4. The molecule has 2 heterocycles. The Labute approximate surface area is 142 Å². The van der Waals surface area contributed by atoms with Crippen molar-refractivity contribution in [3.63, 3.8) is 0 Å². The highest BCUT2D eigenvalue weighted by Crippen LogP contribution is 2.15. The molecule has 1 amide bonds. The summed E-state index contributed by atoms with van der Waals surface area (Å²) in [5, 5.41) is 14.5. The number of aliphatic hydroxyl groups excluding tert-OH is 1. The lowest BCUT2D eigenvalue weighted by Crippen LogP contribution is -2.36. The molecule has 0 bridgehead atoms. The molecule has 0 unspecified atom stereocenters. The molecule has 24 heavy (non-hydrogen) atoms. The van der Waals surface area contributed by atoms with Gasteiger partial charge in [0.1, 0.15) is 0 Å². The average Bonchev–Trinajstić information content (AvgIpc) is 2.98. The molecule has 1 fully saturated rings. The molecule has 2 aromatic rings. The monoisotopic (exact) mass is 328 g/mol. The van der Waals surface area contributed by atoms with Gasteiger partial charge in [0.05, 0.1) is 12.6 Å². The van der Waals surface area contributed by atoms with Crippen molar-refractivity contribution >= 4 is 5.91 Å². The molecule has 0 saturated carbocycles. The highest BCUT2D eigenvalue weighted by Gasteiger charge is 2.23. The highest BCUT2D eigenvalue weighted by atomic mass is 16.3. The van der Waals surface area contributed by atoms with Gasteiger partial charge in [0.25, 0.3) is 0 Å². The summed E-state index contributed by atoms with van der Waals surface area (Å²) in [6.45, 7) is 5.49. The van der Waals surface area contributed by atoms with Gasteiger partial charge in [-0.3, -0.25) is 14.4 Å². The number of β-amino-alcohol motifs (C(OH)–C–C–N with tert-alkyl or cyclic N) is 1. The van der Waals surface area contributed by atoms with Crippen molar-refractivity contribution in [1.29, 1.82) is 0 Å². The molecular formula is C18H24N4O2. The zero-order chi connectivity index (χ0) is 16.9. The summed E-state index contributed by atoms with van der Waals surface area (Å²) in [6, 6.07) is 10.2. The Hall–Kier alpha value is -2.18. The van der Waals surface area contributed by atoms with Crippen molar-refractivity contribution in [3.05, 3.63) is 53.9 Å². The van der Waals surface area contributed by atoms with E-state index in [4.69, 9.17) is 0 Å². The van der Waals surface area contributed by atoms with Gasteiger partial charge in [-0.1, -0.05) is 24.3 Å². The molecule has 1 aliphatic heterocycles. The van der Waals surface area contributed by atoms with E-state index in [0.29, 0.717) is 19.6 Å². The molecule has 1 atom stereocenters. The first-order valence-corrected chi connectivity index (χ1v) is 8.32. The van der Waals surface area contributed by atoms with Gasteiger partial charge in [-0.15, -0.1) is 0 Å². The van der Waals surface area contributed by atoms with E-state index < -0.39 is 6.10 Å². The maximum absolute atomic E-state index is 11.6. The minimum absolute atomic E-state index is 0.0231. The summed E-state index contributed by atoms with van der Waals surface area (Å²) in [5.41, 5.74) is 2.46. The second-order valence-corrected chi connectivity index (χ2v) is 6.33. The Morgan fingerprint density at radius 3 is 2.58 bits per heavy atom. The predicted molar refractivity (Wildman–Crippen MR) is 91.3 cm³/mol. The first kappa shape index (κ1) is 16.7. The van der Waals surface area contributed by atoms with Crippen molar-refractivity contribution in [2.24, 2.45) is 0 Å². The molecule has 6 heteroatoms. The number of rotatable bonds is 4. The van der Waals surface area contributed by atoms with Crippen LogP contribution in [-0.4, -0.2) is 62.9 Å². The molecule has 128 valence electrons. The summed E-state index contributed by atoms with van der Waals surface area (Å²) in [4.78, 5) is 15.5. The van der Waals surface area contributed by atoms with E-state index in [1.54, 1.807) is 18.0 Å². The Balaban J connectivity index is 1.70. The van der Waals surface area contributed by atoms with Crippen LogP contribution in [-0.2, 0) is 17.9 Å². The smallest absolute Gasteiger partial charge is 0.219 e. The number of nitrogens with zero attached hydrogens (tertiary/aromatic N) is 4. The van der Waals surface area contributed by atoms with Crippen LogP contribution in [0, 0.1) is 0 Å². The van der Waals surface area contributed by atoms with Crippen LogP contribution in [0.5, 0.6) is 0 Å². The fourth-order valence-corrected chi connectivity index (χ4v) is 3.16. The maximum Gasteiger partial charge on any atom is 0.219 e. The second-order valence-electron chi connectivity index (χ2n) is 6.33. The SMILES string of the molecule is CC(=O)N1CCN(Cc2ccccc2Cn2cccn2)C[C@H](O)C1. The number of aliphatic hydroxyl groups is 1. The van der Waals surface area contributed by atoms with Gasteiger partial charge in [0.2, 0.25) is 5.91 Å². The van der Waals surface area contributed by atoms with Crippen molar-refractivity contribution < 1.29 is 9.90 Å². The normalized spacial score (nSPS) is 19.2. The first-order chi connectivity index (χ1) is 11.6.